The molecule has 5 heteroatoms. The Hall–Kier alpha value is -1.62. The number of carbonyl (C=O) groups is 1. The summed E-state index contributed by atoms with van der Waals surface area (Å²) in [4.78, 5) is 18.9. The van der Waals surface area contributed by atoms with Gasteiger partial charge in [0, 0.05) is 43.9 Å². The van der Waals surface area contributed by atoms with Crippen LogP contribution in [-0.2, 0) is 24.2 Å². The monoisotopic (exact) mass is 288 g/mol. The van der Waals surface area contributed by atoms with E-state index < -0.39 is 0 Å². The van der Waals surface area contributed by atoms with Gasteiger partial charge in [0.2, 0.25) is 5.91 Å². The van der Waals surface area contributed by atoms with Crippen molar-refractivity contribution in [1.82, 2.24) is 10.3 Å². The molecule has 0 atom stereocenters. The Bertz CT molecular complexity index is 535. The molecule has 1 saturated heterocycles. The lowest BCUT2D eigenvalue weighted by Gasteiger charge is -2.33. The summed E-state index contributed by atoms with van der Waals surface area (Å²) in [5, 5.41) is 2.75. The van der Waals surface area contributed by atoms with Gasteiger partial charge in [-0.15, -0.1) is 0 Å². The Morgan fingerprint density at radius 1 is 1.43 bits per heavy atom. The summed E-state index contributed by atoms with van der Waals surface area (Å²) >= 11 is 0. The second kappa shape index (κ2) is 6.02. The van der Waals surface area contributed by atoms with Gasteiger partial charge in [-0.25, -0.2) is 4.98 Å². The van der Waals surface area contributed by atoms with E-state index >= 15 is 0 Å². The molecule has 0 aromatic carbocycles. The van der Waals surface area contributed by atoms with Crippen LogP contribution in [0.1, 0.15) is 36.1 Å². The van der Waals surface area contributed by atoms with E-state index in [-0.39, 0.29) is 11.8 Å². The summed E-state index contributed by atoms with van der Waals surface area (Å²) < 4.78 is 0. The van der Waals surface area contributed by atoms with Crippen LogP contribution >= 0.6 is 0 Å². The van der Waals surface area contributed by atoms with Crippen LogP contribution in [0, 0.1) is 5.92 Å². The number of nitrogens with two attached hydrogens (primary N) is 1. The smallest absolute Gasteiger partial charge is 0.222 e. The number of fused-ring (bicyclic) bond motifs is 1. The zero-order chi connectivity index (χ0) is 14.8. The fourth-order valence-electron chi connectivity index (χ4n) is 3.49. The molecule has 0 saturated carbocycles. The normalized spacial score (nSPS) is 18.7. The molecule has 1 aliphatic carbocycles. The molecule has 21 heavy (non-hydrogen) atoms. The number of nitrogens with one attached hydrogen (secondary N) is 1. The van der Waals surface area contributed by atoms with Gasteiger partial charge in [-0.1, -0.05) is 0 Å². The van der Waals surface area contributed by atoms with E-state index in [1.54, 1.807) is 7.05 Å². The summed E-state index contributed by atoms with van der Waals surface area (Å²) in [6.07, 6.45) is 5.20. The van der Waals surface area contributed by atoms with E-state index in [0.29, 0.717) is 6.54 Å². The SMILES string of the molecule is CNC(=O)C1CCN(c2nc3c(cc2CN)CCC3)CC1. The van der Waals surface area contributed by atoms with Crippen LogP contribution in [0.5, 0.6) is 0 Å². The number of pyridine rings is 1. The number of carbonyl (C=O) groups excluding carboxylic acids is 1. The van der Waals surface area contributed by atoms with Gasteiger partial charge in [0.05, 0.1) is 0 Å². The predicted octanol–water partition coefficient (Wildman–Crippen LogP) is 0.991. The Labute approximate surface area is 125 Å². The molecule has 0 spiro atoms. The molecule has 3 rings (SSSR count). The first-order valence-corrected chi connectivity index (χ1v) is 7.91. The van der Waals surface area contributed by atoms with Crippen LogP contribution in [0.3, 0.4) is 0 Å². The number of aromatic nitrogens is 1. The highest BCUT2D eigenvalue weighted by atomic mass is 16.1. The predicted molar refractivity (Wildman–Crippen MR) is 83.2 cm³/mol. The molecule has 1 aromatic rings. The maximum Gasteiger partial charge on any atom is 0.222 e. The fraction of sp³-hybridized carbons (Fsp3) is 0.625. The van der Waals surface area contributed by atoms with Gasteiger partial charge in [-0.2, -0.15) is 0 Å². The minimum Gasteiger partial charge on any atom is -0.359 e. The lowest BCUT2D eigenvalue weighted by molar-refractivity contribution is -0.125. The number of hydrogen-bond acceptors (Lipinski definition) is 4. The number of anilines is 1. The molecule has 1 aromatic heterocycles. The van der Waals surface area contributed by atoms with Gasteiger partial charge >= 0.3 is 0 Å². The van der Waals surface area contributed by atoms with Crippen molar-refractivity contribution in [2.45, 2.75) is 38.6 Å². The minimum atomic E-state index is 0.141. The number of rotatable bonds is 3. The maximum absolute atomic E-state index is 11.7. The zero-order valence-electron chi connectivity index (χ0n) is 12.7. The van der Waals surface area contributed by atoms with Gasteiger partial charge in [-0.3, -0.25) is 4.79 Å². The van der Waals surface area contributed by atoms with Crippen LogP contribution < -0.4 is 16.0 Å². The number of piperidine rings is 1. The van der Waals surface area contributed by atoms with Gasteiger partial charge in [0.15, 0.2) is 0 Å². The molecule has 114 valence electrons. The van der Waals surface area contributed by atoms with Crippen LogP contribution in [0.4, 0.5) is 5.82 Å². The van der Waals surface area contributed by atoms with Crippen molar-refractivity contribution in [2.75, 3.05) is 25.0 Å². The Balaban J connectivity index is 1.77. The summed E-state index contributed by atoms with van der Waals surface area (Å²) in [6, 6.07) is 2.25. The number of hydrogen-bond donors (Lipinski definition) is 2. The first-order valence-electron chi connectivity index (χ1n) is 7.91. The molecule has 2 aliphatic rings. The quantitative estimate of drug-likeness (QED) is 0.870. The van der Waals surface area contributed by atoms with Crippen molar-refractivity contribution < 1.29 is 4.79 Å². The van der Waals surface area contributed by atoms with Crippen LogP contribution in [0.25, 0.3) is 0 Å². The maximum atomic E-state index is 11.7. The number of nitrogens with zero attached hydrogens (tertiary/aromatic N) is 2. The average molecular weight is 288 g/mol. The van der Waals surface area contributed by atoms with Crippen molar-refractivity contribution in [3.8, 4) is 0 Å². The summed E-state index contributed by atoms with van der Waals surface area (Å²) in [7, 11) is 1.71. The topological polar surface area (TPSA) is 71.2 Å². The second-order valence-corrected chi connectivity index (χ2v) is 6.01. The van der Waals surface area contributed by atoms with E-state index in [0.717, 1.165) is 50.2 Å². The molecule has 0 radical (unpaired) electrons. The van der Waals surface area contributed by atoms with Gasteiger partial charge in [0.1, 0.15) is 5.82 Å². The largest absolute Gasteiger partial charge is 0.359 e. The van der Waals surface area contributed by atoms with E-state index in [2.05, 4.69) is 16.3 Å². The summed E-state index contributed by atoms with van der Waals surface area (Å²) in [5.41, 5.74) is 9.69. The summed E-state index contributed by atoms with van der Waals surface area (Å²) in [5.74, 6) is 1.35. The third-order valence-corrected chi connectivity index (χ3v) is 4.74. The molecule has 0 unspecified atom stereocenters. The highest BCUT2D eigenvalue weighted by Crippen LogP contribution is 2.29. The minimum absolute atomic E-state index is 0.141. The third-order valence-electron chi connectivity index (χ3n) is 4.74. The Morgan fingerprint density at radius 2 is 2.19 bits per heavy atom. The van der Waals surface area contributed by atoms with Crippen molar-refractivity contribution in [2.24, 2.45) is 11.7 Å². The highest BCUT2D eigenvalue weighted by molar-refractivity contribution is 5.78. The molecule has 1 aliphatic heterocycles. The van der Waals surface area contributed by atoms with Gasteiger partial charge in [-0.05, 0) is 43.7 Å². The fourth-order valence-corrected chi connectivity index (χ4v) is 3.49. The molecule has 2 heterocycles. The molecule has 1 fully saturated rings. The first-order chi connectivity index (χ1) is 10.2. The molecule has 0 bridgehead atoms. The Morgan fingerprint density at radius 3 is 2.86 bits per heavy atom. The van der Waals surface area contributed by atoms with Gasteiger partial charge < -0.3 is 16.0 Å². The molecule has 3 N–H and O–H groups in total. The molecular formula is C16H24N4O. The van der Waals surface area contributed by atoms with Crippen molar-refractivity contribution in [1.29, 1.82) is 0 Å². The number of amides is 1. The van der Waals surface area contributed by atoms with E-state index in [9.17, 15) is 4.79 Å². The molecule has 1 amide bonds. The summed E-state index contributed by atoms with van der Waals surface area (Å²) in [6.45, 7) is 2.30. The van der Waals surface area contributed by atoms with E-state index in [1.807, 2.05) is 0 Å². The number of aryl methyl sites for hydroxylation is 2. The molecule has 5 nitrogen and oxygen atoms in total. The van der Waals surface area contributed by atoms with Crippen molar-refractivity contribution in [3.63, 3.8) is 0 Å². The Kier molecular flexibility index (Phi) is 4.10. The van der Waals surface area contributed by atoms with Crippen LogP contribution in [0.15, 0.2) is 6.07 Å². The van der Waals surface area contributed by atoms with Crippen molar-refractivity contribution >= 4 is 11.7 Å². The average Bonchev–Trinajstić information content (AvgIpc) is 3.00. The van der Waals surface area contributed by atoms with E-state index in [1.165, 1.54) is 17.7 Å². The zero-order valence-corrected chi connectivity index (χ0v) is 12.7. The standard InChI is InChI=1S/C16H24N4O/c1-18-16(21)11-5-7-20(8-6-11)15-13(10-17)9-12-3-2-4-14(12)19-15/h9,11H,2-8,10,17H2,1H3,(H,18,21). The third kappa shape index (κ3) is 2.75. The van der Waals surface area contributed by atoms with E-state index in [4.69, 9.17) is 10.7 Å². The lowest BCUT2D eigenvalue weighted by Crippen LogP contribution is -2.40. The second-order valence-electron chi connectivity index (χ2n) is 6.01. The van der Waals surface area contributed by atoms with Crippen LogP contribution in [0.2, 0.25) is 0 Å². The lowest BCUT2D eigenvalue weighted by atomic mass is 9.95. The highest BCUT2D eigenvalue weighted by Gasteiger charge is 2.27. The van der Waals surface area contributed by atoms with Gasteiger partial charge in [0.25, 0.3) is 0 Å². The van der Waals surface area contributed by atoms with Crippen molar-refractivity contribution in [3.05, 3.63) is 22.9 Å². The first kappa shape index (κ1) is 14.3. The molecular weight excluding hydrogens is 264 g/mol. The van der Waals surface area contributed by atoms with Crippen LogP contribution in [-0.4, -0.2) is 31.0 Å².